The number of nitrogens with zero attached hydrogens (tertiary/aromatic N) is 6. The van der Waals surface area contributed by atoms with Crippen LogP contribution in [0.2, 0.25) is 0 Å². The van der Waals surface area contributed by atoms with Crippen molar-refractivity contribution < 1.29 is 14.3 Å². The van der Waals surface area contributed by atoms with Gasteiger partial charge in [-0.15, -0.1) is 0 Å². The molecule has 1 aliphatic heterocycles. The van der Waals surface area contributed by atoms with E-state index in [0.717, 1.165) is 13.1 Å². The van der Waals surface area contributed by atoms with Crippen LogP contribution >= 0.6 is 0 Å². The van der Waals surface area contributed by atoms with Crippen molar-refractivity contribution >= 4 is 23.0 Å². The largest absolute Gasteiger partial charge is 0.439 e. The number of aliphatic hydroxyl groups is 1. The smallest absolute Gasteiger partial charge is 0.222 e. The number of carbonyl (C=O) groups is 1. The molecule has 0 bridgehead atoms. The molecular weight excluding hydrogens is 422 g/mol. The molecule has 172 valence electrons. The second-order valence-corrected chi connectivity index (χ2v) is 7.86. The molecule has 0 aliphatic carbocycles. The van der Waals surface area contributed by atoms with Crippen molar-refractivity contribution in [3.8, 4) is 6.07 Å². The monoisotopic (exact) mass is 449 g/mol. The minimum absolute atomic E-state index is 0.135. The Labute approximate surface area is 191 Å². The molecule has 10 nitrogen and oxygen atoms in total. The molecule has 1 unspecified atom stereocenters. The van der Waals surface area contributed by atoms with Crippen LogP contribution in [0.5, 0.6) is 0 Å². The molecule has 3 heterocycles. The van der Waals surface area contributed by atoms with Gasteiger partial charge in [0, 0.05) is 51.9 Å². The van der Waals surface area contributed by atoms with Crippen molar-refractivity contribution in [1.29, 1.82) is 5.26 Å². The highest BCUT2D eigenvalue weighted by Gasteiger charge is 2.22. The maximum absolute atomic E-state index is 12.4. The number of fused-ring (bicyclic) bond motifs is 1. The molecule has 3 aromatic rings. The molecule has 0 spiro atoms. The van der Waals surface area contributed by atoms with Crippen molar-refractivity contribution in [3.05, 3.63) is 48.1 Å². The second-order valence-electron chi connectivity index (χ2n) is 7.86. The van der Waals surface area contributed by atoms with E-state index >= 15 is 0 Å². The highest BCUT2D eigenvalue weighted by molar-refractivity contribution is 5.76. The van der Waals surface area contributed by atoms with Gasteiger partial charge in [-0.05, 0) is 24.6 Å². The first-order valence-electron chi connectivity index (χ1n) is 11.1. The number of β-amino-alcohol motifs (C(OH)–C–C–N with tert-alkyl or cyclic N) is 1. The van der Waals surface area contributed by atoms with Crippen LogP contribution in [0.15, 0.2) is 40.9 Å². The topological polar surface area (TPSA) is 131 Å². The predicted molar refractivity (Wildman–Crippen MR) is 121 cm³/mol. The number of hydrogen-bond acceptors (Lipinski definition) is 9. The third-order valence-corrected chi connectivity index (χ3v) is 5.65. The van der Waals surface area contributed by atoms with E-state index in [0.29, 0.717) is 67.7 Å². The van der Waals surface area contributed by atoms with Crippen molar-refractivity contribution in [3.63, 3.8) is 0 Å². The van der Waals surface area contributed by atoms with Gasteiger partial charge in [0.25, 0.3) is 0 Å². The summed E-state index contributed by atoms with van der Waals surface area (Å²) < 4.78 is 5.75. The van der Waals surface area contributed by atoms with Crippen LogP contribution in [0.3, 0.4) is 0 Å². The highest BCUT2D eigenvalue weighted by atomic mass is 16.3. The number of amides is 1. The van der Waals surface area contributed by atoms with Crippen molar-refractivity contribution in [2.75, 3.05) is 51.2 Å². The zero-order chi connectivity index (χ0) is 23.0. The summed E-state index contributed by atoms with van der Waals surface area (Å²) in [5.74, 6) is 0.0876. The van der Waals surface area contributed by atoms with Gasteiger partial charge in [-0.2, -0.15) is 5.26 Å². The van der Waals surface area contributed by atoms with Gasteiger partial charge >= 0.3 is 0 Å². The number of anilines is 1. The van der Waals surface area contributed by atoms with Crippen LogP contribution < -0.4 is 5.32 Å². The van der Waals surface area contributed by atoms with Gasteiger partial charge in [-0.3, -0.25) is 9.69 Å². The number of aromatic nitrogens is 3. The molecule has 33 heavy (non-hydrogen) atoms. The summed E-state index contributed by atoms with van der Waals surface area (Å²) in [6, 6.07) is 11.2. The fourth-order valence-electron chi connectivity index (χ4n) is 3.84. The summed E-state index contributed by atoms with van der Waals surface area (Å²) in [6.45, 7) is 4.33. The minimum atomic E-state index is -0.743. The highest BCUT2D eigenvalue weighted by Crippen LogP contribution is 2.26. The van der Waals surface area contributed by atoms with Crippen LogP contribution in [0, 0.1) is 11.3 Å². The number of piperazine rings is 1. The fraction of sp³-hybridized carbons (Fsp3) is 0.435. The number of aliphatic hydroxyl groups excluding tert-OH is 1. The summed E-state index contributed by atoms with van der Waals surface area (Å²) in [4.78, 5) is 29.6. The molecule has 1 aromatic carbocycles. The lowest BCUT2D eigenvalue weighted by atomic mass is 10.1. The van der Waals surface area contributed by atoms with E-state index in [2.05, 4.69) is 31.2 Å². The standard InChI is InChI=1S/C23H27N7O3/c24-16-17(22-27-19-4-1-2-5-20(19)33-22)18-7-9-26-23(28-18)25-8-3-6-21(32)30-12-10-29(11-13-30)14-15-31/h1-2,4-5,7,9,17,31H,3,6,8,10-15H2,(H,25,26,28). The lowest BCUT2D eigenvalue weighted by Gasteiger charge is -2.34. The molecule has 2 aromatic heterocycles. The Morgan fingerprint density at radius 3 is 2.79 bits per heavy atom. The minimum Gasteiger partial charge on any atom is -0.439 e. The van der Waals surface area contributed by atoms with Gasteiger partial charge in [0.1, 0.15) is 5.52 Å². The van der Waals surface area contributed by atoms with Gasteiger partial charge in [-0.25, -0.2) is 15.0 Å². The maximum atomic E-state index is 12.4. The SMILES string of the molecule is N#CC(c1ccnc(NCCCC(=O)N2CCN(CCO)CC2)n1)c1nc2ccccc2o1. The summed E-state index contributed by atoms with van der Waals surface area (Å²) in [5.41, 5.74) is 1.82. The lowest BCUT2D eigenvalue weighted by molar-refractivity contribution is -0.133. The Morgan fingerprint density at radius 1 is 1.21 bits per heavy atom. The summed E-state index contributed by atoms with van der Waals surface area (Å²) >= 11 is 0. The van der Waals surface area contributed by atoms with Gasteiger partial charge in [0.2, 0.25) is 17.7 Å². The van der Waals surface area contributed by atoms with E-state index in [-0.39, 0.29) is 12.5 Å². The van der Waals surface area contributed by atoms with Gasteiger partial charge < -0.3 is 19.7 Å². The fourth-order valence-corrected chi connectivity index (χ4v) is 3.84. The number of benzene rings is 1. The predicted octanol–water partition coefficient (Wildman–Crippen LogP) is 1.60. The average molecular weight is 450 g/mol. The number of hydrogen-bond donors (Lipinski definition) is 2. The molecule has 2 N–H and O–H groups in total. The Kier molecular flexibility index (Phi) is 7.44. The third kappa shape index (κ3) is 5.63. The number of carbonyl (C=O) groups excluding carboxylic acids is 1. The molecule has 1 atom stereocenters. The summed E-state index contributed by atoms with van der Waals surface area (Å²) in [6.07, 6.45) is 2.68. The maximum Gasteiger partial charge on any atom is 0.222 e. The zero-order valence-electron chi connectivity index (χ0n) is 18.4. The number of para-hydroxylation sites is 2. The molecular formula is C23H27N7O3. The van der Waals surface area contributed by atoms with Crippen LogP contribution in [-0.2, 0) is 4.79 Å². The molecule has 1 amide bonds. The molecule has 10 heteroatoms. The first-order chi connectivity index (χ1) is 16.2. The van der Waals surface area contributed by atoms with E-state index in [1.807, 2.05) is 29.2 Å². The Morgan fingerprint density at radius 2 is 2.03 bits per heavy atom. The average Bonchev–Trinajstić information content (AvgIpc) is 3.27. The second kappa shape index (κ2) is 10.8. The molecule has 0 radical (unpaired) electrons. The number of rotatable bonds is 9. The molecule has 4 rings (SSSR count). The normalized spacial score (nSPS) is 15.3. The van der Waals surface area contributed by atoms with Crippen LogP contribution in [0.1, 0.15) is 30.3 Å². The number of nitriles is 1. The van der Waals surface area contributed by atoms with E-state index < -0.39 is 5.92 Å². The Hall–Kier alpha value is -3.55. The Bertz CT molecular complexity index is 1090. The lowest BCUT2D eigenvalue weighted by Crippen LogP contribution is -2.49. The summed E-state index contributed by atoms with van der Waals surface area (Å²) in [7, 11) is 0. The van der Waals surface area contributed by atoms with Crippen molar-refractivity contribution in [2.45, 2.75) is 18.8 Å². The van der Waals surface area contributed by atoms with Crippen LogP contribution in [-0.4, -0.2) is 81.6 Å². The zero-order valence-corrected chi connectivity index (χ0v) is 18.4. The number of nitrogens with one attached hydrogen (secondary N) is 1. The molecule has 1 saturated heterocycles. The van der Waals surface area contributed by atoms with Gasteiger partial charge in [0.15, 0.2) is 11.5 Å². The van der Waals surface area contributed by atoms with E-state index in [4.69, 9.17) is 9.52 Å². The van der Waals surface area contributed by atoms with E-state index in [9.17, 15) is 10.1 Å². The van der Waals surface area contributed by atoms with Gasteiger partial charge in [-0.1, -0.05) is 12.1 Å². The van der Waals surface area contributed by atoms with Crippen molar-refractivity contribution in [1.82, 2.24) is 24.8 Å². The first kappa shape index (κ1) is 22.6. The summed E-state index contributed by atoms with van der Waals surface area (Å²) in [5, 5.41) is 21.9. The molecule has 0 saturated carbocycles. The van der Waals surface area contributed by atoms with Crippen molar-refractivity contribution in [2.24, 2.45) is 0 Å². The third-order valence-electron chi connectivity index (χ3n) is 5.65. The molecule has 1 aliphatic rings. The number of oxazole rings is 1. The first-order valence-corrected chi connectivity index (χ1v) is 11.1. The molecule has 1 fully saturated rings. The van der Waals surface area contributed by atoms with E-state index in [1.54, 1.807) is 12.3 Å². The Balaban J connectivity index is 1.28. The van der Waals surface area contributed by atoms with Gasteiger partial charge in [0.05, 0.1) is 18.4 Å². The van der Waals surface area contributed by atoms with E-state index in [1.165, 1.54) is 0 Å². The van der Waals surface area contributed by atoms with Crippen LogP contribution in [0.4, 0.5) is 5.95 Å². The quantitative estimate of drug-likeness (QED) is 0.468. The van der Waals surface area contributed by atoms with Crippen LogP contribution in [0.25, 0.3) is 11.1 Å².